The molecule has 1 unspecified atom stereocenters. The number of thiophene rings is 1. The Kier molecular flexibility index (Phi) is 3.71. The molecule has 2 rings (SSSR count). The van der Waals surface area contributed by atoms with Crippen LogP contribution in [0.1, 0.15) is 24.1 Å². The number of hydrogen-bond acceptors (Lipinski definition) is 3. The number of hydrogen-bond donors (Lipinski definition) is 2. The number of alkyl halides is 3. The Morgan fingerprint density at radius 1 is 1.26 bits per heavy atom. The third-order valence-corrected chi connectivity index (χ3v) is 3.49. The molecule has 19 heavy (non-hydrogen) atoms. The monoisotopic (exact) mass is 286 g/mol. The van der Waals surface area contributed by atoms with Crippen LogP contribution in [0, 0.1) is 0 Å². The summed E-state index contributed by atoms with van der Waals surface area (Å²) in [4.78, 5) is 0. The second-order valence-electron chi connectivity index (χ2n) is 4.22. The summed E-state index contributed by atoms with van der Waals surface area (Å²) in [6.45, 7) is 1.89. The molecule has 1 aromatic heterocycles. The highest BCUT2D eigenvalue weighted by Crippen LogP contribution is 2.35. The van der Waals surface area contributed by atoms with Crippen molar-refractivity contribution in [3.8, 4) is 0 Å². The Hall–Kier alpha value is -1.69. The predicted molar refractivity (Wildman–Crippen MR) is 72.2 cm³/mol. The normalized spacial score (nSPS) is 13.3. The molecule has 0 saturated heterocycles. The fourth-order valence-corrected chi connectivity index (χ4v) is 2.50. The van der Waals surface area contributed by atoms with E-state index in [2.05, 4.69) is 5.32 Å². The molecule has 0 aliphatic carbocycles. The van der Waals surface area contributed by atoms with Gasteiger partial charge in [-0.2, -0.15) is 24.5 Å². The van der Waals surface area contributed by atoms with E-state index in [1.807, 2.05) is 23.8 Å². The molecule has 2 nitrogen and oxygen atoms in total. The lowest BCUT2D eigenvalue weighted by molar-refractivity contribution is -0.136. The molecule has 0 aliphatic heterocycles. The lowest BCUT2D eigenvalue weighted by atomic mass is 10.1. The maximum absolute atomic E-state index is 12.7. The van der Waals surface area contributed by atoms with Gasteiger partial charge < -0.3 is 11.1 Å². The van der Waals surface area contributed by atoms with Crippen LogP contribution in [0.3, 0.4) is 0 Å². The van der Waals surface area contributed by atoms with E-state index in [1.165, 1.54) is 6.07 Å². The average molecular weight is 286 g/mol. The minimum atomic E-state index is -4.44. The lowest BCUT2D eigenvalue weighted by Crippen LogP contribution is -2.11. The van der Waals surface area contributed by atoms with Crippen molar-refractivity contribution < 1.29 is 13.2 Å². The van der Waals surface area contributed by atoms with Gasteiger partial charge in [-0.15, -0.1) is 0 Å². The summed E-state index contributed by atoms with van der Waals surface area (Å²) in [5.74, 6) is 0. The van der Waals surface area contributed by atoms with Crippen LogP contribution in [-0.2, 0) is 6.18 Å². The zero-order valence-corrected chi connectivity index (χ0v) is 11.0. The first-order valence-corrected chi connectivity index (χ1v) is 6.57. The van der Waals surface area contributed by atoms with Crippen LogP contribution in [0.4, 0.5) is 24.5 Å². The summed E-state index contributed by atoms with van der Waals surface area (Å²) in [6, 6.07) is 5.73. The first kappa shape index (κ1) is 13.7. The van der Waals surface area contributed by atoms with E-state index in [0.29, 0.717) is 5.69 Å². The summed E-state index contributed by atoms with van der Waals surface area (Å²) in [5, 5.41) is 6.92. The molecule has 102 valence electrons. The quantitative estimate of drug-likeness (QED) is 0.814. The SMILES string of the molecule is CC(Nc1ccc(N)c(C(F)(F)F)c1)c1ccsc1. The largest absolute Gasteiger partial charge is 0.418 e. The van der Waals surface area contributed by atoms with Gasteiger partial charge in [0.1, 0.15) is 0 Å². The number of nitrogens with one attached hydrogen (secondary N) is 1. The van der Waals surface area contributed by atoms with Gasteiger partial charge in [0.15, 0.2) is 0 Å². The second kappa shape index (κ2) is 5.13. The molecule has 1 atom stereocenters. The van der Waals surface area contributed by atoms with E-state index in [4.69, 9.17) is 5.73 Å². The van der Waals surface area contributed by atoms with Gasteiger partial charge in [0.25, 0.3) is 0 Å². The third kappa shape index (κ3) is 3.20. The Morgan fingerprint density at radius 2 is 2.00 bits per heavy atom. The van der Waals surface area contributed by atoms with Crippen molar-refractivity contribution in [2.45, 2.75) is 19.1 Å². The van der Waals surface area contributed by atoms with Gasteiger partial charge in [-0.05, 0) is 47.5 Å². The van der Waals surface area contributed by atoms with Crippen molar-refractivity contribution in [1.82, 2.24) is 0 Å². The Bertz CT molecular complexity index is 550. The van der Waals surface area contributed by atoms with Gasteiger partial charge in [0, 0.05) is 17.4 Å². The predicted octanol–water partition coefficient (Wildman–Crippen LogP) is 4.52. The molecule has 3 N–H and O–H groups in total. The van der Waals surface area contributed by atoms with Crippen LogP contribution >= 0.6 is 11.3 Å². The van der Waals surface area contributed by atoms with Crippen molar-refractivity contribution in [2.75, 3.05) is 11.1 Å². The Labute approximate surface area is 113 Å². The number of nitrogens with two attached hydrogens (primary N) is 1. The number of nitrogen functional groups attached to an aromatic ring is 1. The van der Waals surface area contributed by atoms with Gasteiger partial charge in [-0.25, -0.2) is 0 Å². The van der Waals surface area contributed by atoms with Crippen LogP contribution in [-0.4, -0.2) is 0 Å². The topological polar surface area (TPSA) is 38.0 Å². The standard InChI is InChI=1S/C13H13F3N2S/c1-8(9-4-5-19-7-9)18-10-2-3-12(17)11(6-10)13(14,15)16/h2-8,18H,17H2,1H3. The summed E-state index contributed by atoms with van der Waals surface area (Å²) in [6.07, 6.45) is -4.44. The molecule has 0 amide bonds. The fraction of sp³-hybridized carbons (Fsp3) is 0.231. The number of anilines is 2. The number of rotatable bonds is 3. The van der Waals surface area contributed by atoms with Gasteiger partial charge in [0.2, 0.25) is 0 Å². The van der Waals surface area contributed by atoms with Gasteiger partial charge >= 0.3 is 6.18 Å². The molecule has 0 radical (unpaired) electrons. The first-order chi connectivity index (χ1) is 8.88. The Balaban J connectivity index is 2.22. The van der Waals surface area contributed by atoms with E-state index in [9.17, 15) is 13.2 Å². The van der Waals surface area contributed by atoms with E-state index in [-0.39, 0.29) is 11.7 Å². The van der Waals surface area contributed by atoms with Crippen LogP contribution in [0.15, 0.2) is 35.0 Å². The summed E-state index contributed by atoms with van der Waals surface area (Å²) in [5.41, 5.74) is 5.72. The van der Waals surface area contributed by atoms with Crippen LogP contribution in [0.2, 0.25) is 0 Å². The van der Waals surface area contributed by atoms with Crippen LogP contribution in [0.5, 0.6) is 0 Å². The van der Waals surface area contributed by atoms with Crippen LogP contribution < -0.4 is 11.1 Å². The maximum Gasteiger partial charge on any atom is 0.418 e. The van der Waals surface area contributed by atoms with Gasteiger partial charge in [-0.1, -0.05) is 0 Å². The molecule has 2 aromatic rings. The van der Waals surface area contributed by atoms with Crippen molar-refractivity contribution >= 4 is 22.7 Å². The van der Waals surface area contributed by atoms with E-state index >= 15 is 0 Å². The lowest BCUT2D eigenvalue weighted by Gasteiger charge is -2.17. The summed E-state index contributed by atoms with van der Waals surface area (Å²) in [7, 11) is 0. The van der Waals surface area contributed by atoms with Crippen molar-refractivity contribution in [1.29, 1.82) is 0 Å². The van der Waals surface area contributed by atoms with Gasteiger partial charge in [0.05, 0.1) is 5.56 Å². The maximum atomic E-state index is 12.7. The zero-order valence-electron chi connectivity index (χ0n) is 10.2. The molecule has 0 aliphatic rings. The van der Waals surface area contributed by atoms with E-state index < -0.39 is 11.7 Å². The minimum absolute atomic E-state index is 0.0593. The molecule has 0 bridgehead atoms. The van der Waals surface area contributed by atoms with E-state index in [0.717, 1.165) is 11.6 Å². The molecular formula is C13H13F3N2S. The molecular weight excluding hydrogens is 273 g/mol. The van der Waals surface area contributed by atoms with E-state index in [1.54, 1.807) is 17.4 Å². The number of halogens is 3. The highest BCUT2D eigenvalue weighted by molar-refractivity contribution is 7.07. The van der Waals surface area contributed by atoms with Crippen molar-refractivity contribution in [3.63, 3.8) is 0 Å². The average Bonchev–Trinajstić information content (AvgIpc) is 2.83. The highest BCUT2D eigenvalue weighted by Gasteiger charge is 2.33. The van der Waals surface area contributed by atoms with Crippen molar-refractivity contribution in [2.24, 2.45) is 0 Å². The minimum Gasteiger partial charge on any atom is -0.398 e. The first-order valence-electron chi connectivity index (χ1n) is 5.63. The number of benzene rings is 1. The molecule has 0 fully saturated rings. The zero-order chi connectivity index (χ0) is 14.0. The third-order valence-electron chi connectivity index (χ3n) is 2.79. The molecule has 6 heteroatoms. The second-order valence-corrected chi connectivity index (χ2v) is 5.00. The fourth-order valence-electron chi connectivity index (χ4n) is 1.75. The summed E-state index contributed by atoms with van der Waals surface area (Å²) < 4.78 is 38.2. The van der Waals surface area contributed by atoms with Crippen molar-refractivity contribution in [3.05, 3.63) is 46.2 Å². The molecule has 1 aromatic carbocycles. The Morgan fingerprint density at radius 3 is 2.58 bits per heavy atom. The molecule has 0 spiro atoms. The molecule has 1 heterocycles. The summed E-state index contributed by atoms with van der Waals surface area (Å²) >= 11 is 1.55. The van der Waals surface area contributed by atoms with Crippen LogP contribution in [0.25, 0.3) is 0 Å². The van der Waals surface area contributed by atoms with Gasteiger partial charge in [-0.3, -0.25) is 0 Å². The smallest absolute Gasteiger partial charge is 0.398 e. The molecule has 0 saturated carbocycles. The highest BCUT2D eigenvalue weighted by atomic mass is 32.1.